The molecule has 0 radical (unpaired) electrons. The Morgan fingerprint density at radius 3 is 2.60 bits per heavy atom. The first-order valence-electron chi connectivity index (χ1n) is 8.07. The first kappa shape index (κ1) is 18.4. The van der Waals surface area contributed by atoms with Gasteiger partial charge in [0.2, 0.25) is 5.91 Å². The van der Waals surface area contributed by atoms with E-state index in [-0.39, 0.29) is 11.8 Å². The zero-order valence-corrected chi connectivity index (χ0v) is 14.6. The van der Waals surface area contributed by atoms with E-state index < -0.39 is 12.1 Å². The average molecular weight is 345 g/mol. The highest BCUT2D eigenvalue weighted by Gasteiger charge is 2.25. The number of carbonyl (C=O) groups is 2. The van der Waals surface area contributed by atoms with Gasteiger partial charge in [0.15, 0.2) is 5.82 Å². The number of alkyl carbamates (subject to hydrolysis) is 1. The molecule has 1 atom stereocenters. The number of hydrogen-bond acceptors (Lipinski definition) is 5. The fraction of sp³-hybridized carbons (Fsp3) is 0.412. The quantitative estimate of drug-likeness (QED) is 0.798. The fourth-order valence-corrected chi connectivity index (χ4v) is 2.27. The zero-order valence-electron chi connectivity index (χ0n) is 14.6. The number of nitrogens with one attached hydrogen (secondary N) is 2. The van der Waals surface area contributed by atoms with E-state index in [1.807, 2.05) is 26.0 Å². The van der Waals surface area contributed by atoms with Gasteiger partial charge in [-0.15, -0.1) is 0 Å². The lowest BCUT2D eigenvalue weighted by atomic mass is 10.0. The number of aromatic nitrogens is 3. The van der Waals surface area contributed by atoms with Crippen LogP contribution in [0.2, 0.25) is 0 Å². The van der Waals surface area contributed by atoms with Gasteiger partial charge >= 0.3 is 6.09 Å². The standard InChI is InChI=1S/C17H23N5O3/c1-12(2)15(20-17(24)25-3)16(23)19-14-7-11-22(21-14)10-6-13-4-8-18-9-5-13/h4-5,7-9,11-12,15H,6,10H2,1-3H3,(H,20,24)(H,19,21,23). The van der Waals surface area contributed by atoms with Gasteiger partial charge in [0.05, 0.1) is 7.11 Å². The van der Waals surface area contributed by atoms with Gasteiger partial charge in [0.25, 0.3) is 0 Å². The van der Waals surface area contributed by atoms with Gasteiger partial charge in [-0.25, -0.2) is 4.79 Å². The summed E-state index contributed by atoms with van der Waals surface area (Å²) in [6.07, 6.45) is 5.48. The third kappa shape index (κ3) is 5.59. The van der Waals surface area contributed by atoms with E-state index in [1.165, 1.54) is 12.7 Å². The van der Waals surface area contributed by atoms with Crippen LogP contribution in [0.5, 0.6) is 0 Å². The molecule has 0 aromatic carbocycles. The number of ether oxygens (including phenoxy) is 1. The summed E-state index contributed by atoms with van der Waals surface area (Å²) in [5.41, 5.74) is 1.17. The molecular formula is C17H23N5O3. The molecule has 1 unspecified atom stereocenters. The maximum atomic E-state index is 12.4. The summed E-state index contributed by atoms with van der Waals surface area (Å²) < 4.78 is 6.31. The Hall–Kier alpha value is -2.90. The Bertz CT molecular complexity index is 699. The van der Waals surface area contributed by atoms with E-state index in [9.17, 15) is 9.59 Å². The topological polar surface area (TPSA) is 98.1 Å². The summed E-state index contributed by atoms with van der Waals surface area (Å²) in [5.74, 6) is 0.0182. The van der Waals surface area contributed by atoms with Crippen LogP contribution in [0.15, 0.2) is 36.8 Å². The number of hydrogen-bond donors (Lipinski definition) is 2. The lowest BCUT2D eigenvalue weighted by molar-refractivity contribution is -0.119. The molecule has 0 aliphatic heterocycles. The van der Waals surface area contributed by atoms with Crippen LogP contribution < -0.4 is 10.6 Å². The largest absolute Gasteiger partial charge is 0.453 e. The Balaban J connectivity index is 1.92. The Labute approximate surface area is 146 Å². The molecule has 0 saturated carbocycles. The first-order valence-corrected chi connectivity index (χ1v) is 8.07. The van der Waals surface area contributed by atoms with Crippen LogP contribution >= 0.6 is 0 Å². The third-order valence-electron chi connectivity index (χ3n) is 3.68. The minimum Gasteiger partial charge on any atom is -0.453 e. The van der Waals surface area contributed by atoms with Gasteiger partial charge in [-0.3, -0.25) is 14.5 Å². The molecule has 2 amide bonds. The van der Waals surface area contributed by atoms with Gasteiger partial charge in [-0.1, -0.05) is 13.8 Å². The van der Waals surface area contributed by atoms with Crippen LogP contribution in [0.1, 0.15) is 19.4 Å². The molecule has 8 heteroatoms. The van der Waals surface area contributed by atoms with Gasteiger partial charge in [0, 0.05) is 31.2 Å². The second-order valence-electron chi connectivity index (χ2n) is 5.92. The molecule has 0 aliphatic rings. The molecule has 0 spiro atoms. The van der Waals surface area contributed by atoms with E-state index in [0.717, 1.165) is 6.42 Å². The monoisotopic (exact) mass is 345 g/mol. The summed E-state index contributed by atoms with van der Waals surface area (Å²) in [5, 5.41) is 9.58. The van der Waals surface area contributed by atoms with Crippen molar-refractivity contribution in [1.82, 2.24) is 20.1 Å². The molecule has 2 N–H and O–H groups in total. The molecule has 25 heavy (non-hydrogen) atoms. The number of pyridine rings is 1. The van der Waals surface area contributed by atoms with E-state index in [4.69, 9.17) is 0 Å². The van der Waals surface area contributed by atoms with Crippen LogP contribution in [-0.2, 0) is 22.5 Å². The average Bonchev–Trinajstić information content (AvgIpc) is 3.05. The summed E-state index contributed by atoms with van der Waals surface area (Å²) in [6, 6.07) is 4.94. The Morgan fingerprint density at radius 2 is 1.96 bits per heavy atom. The number of methoxy groups -OCH3 is 1. The lowest BCUT2D eigenvalue weighted by Crippen LogP contribution is -2.47. The van der Waals surface area contributed by atoms with Crippen LogP contribution in [0.25, 0.3) is 0 Å². The first-order chi connectivity index (χ1) is 12.0. The molecule has 0 saturated heterocycles. The van der Waals surface area contributed by atoms with E-state index in [2.05, 4.69) is 25.5 Å². The van der Waals surface area contributed by atoms with E-state index >= 15 is 0 Å². The normalized spacial score (nSPS) is 11.8. The van der Waals surface area contributed by atoms with E-state index in [1.54, 1.807) is 29.3 Å². The van der Waals surface area contributed by atoms with Crippen LogP contribution in [0.3, 0.4) is 0 Å². The van der Waals surface area contributed by atoms with Gasteiger partial charge in [-0.05, 0) is 30.0 Å². The van der Waals surface area contributed by atoms with Gasteiger partial charge in [-0.2, -0.15) is 5.10 Å². The summed E-state index contributed by atoms with van der Waals surface area (Å²) in [4.78, 5) is 27.7. The highest BCUT2D eigenvalue weighted by Crippen LogP contribution is 2.09. The molecule has 2 rings (SSSR count). The number of rotatable bonds is 7. The van der Waals surface area contributed by atoms with Crippen LogP contribution in [0.4, 0.5) is 10.6 Å². The number of nitrogens with zero attached hydrogens (tertiary/aromatic N) is 3. The number of carbonyl (C=O) groups excluding carboxylic acids is 2. The molecule has 8 nitrogen and oxygen atoms in total. The zero-order chi connectivity index (χ0) is 18.2. The molecule has 134 valence electrons. The van der Waals surface area contributed by atoms with Crippen molar-refractivity contribution in [3.8, 4) is 0 Å². The van der Waals surface area contributed by atoms with Crippen molar-refractivity contribution < 1.29 is 14.3 Å². The SMILES string of the molecule is COC(=O)NC(C(=O)Nc1ccn(CCc2ccncc2)n1)C(C)C. The van der Waals surface area contributed by atoms with Crippen molar-refractivity contribution in [3.63, 3.8) is 0 Å². The maximum Gasteiger partial charge on any atom is 0.407 e. The third-order valence-corrected chi connectivity index (χ3v) is 3.68. The lowest BCUT2D eigenvalue weighted by Gasteiger charge is -2.20. The summed E-state index contributed by atoms with van der Waals surface area (Å²) in [7, 11) is 1.26. The minimum atomic E-state index is -0.700. The van der Waals surface area contributed by atoms with Crippen molar-refractivity contribution in [2.45, 2.75) is 32.9 Å². The highest BCUT2D eigenvalue weighted by molar-refractivity contribution is 5.96. The van der Waals surface area contributed by atoms with Crippen molar-refractivity contribution in [2.24, 2.45) is 5.92 Å². The summed E-state index contributed by atoms with van der Waals surface area (Å²) >= 11 is 0. The predicted molar refractivity (Wildman–Crippen MR) is 93.0 cm³/mol. The molecule has 2 aromatic heterocycles. The van der Waals surface area contributed by atoms with Crippen molar-refractivity contribution in [1.29, 1.82) is 0 Å². The van der Waals surface area contributed by atoms with Crippen molar-refractivity contribution in [3.05, 3.63) is 42.4 Å². The Morgan fingerprint density at radius 1 is 1.24 bits per heavy atom. The minimum absolute atomic E-state index is 0.0899. The number of aryl methyl sites for hydroxylation is 2. The van der Waals surface area contributed by atoms with E-state index in [0.29, 0.717) is 12.4 Å². The van der Waals surface area contributed by atoms with Crippen molar-refractivity contribution >= 4 is 17.8 Å². The molecule has 0 bridgehead atoms. The molecule has 2 heterocycles. The highest BCUT2D eigenvalue weighted by atomic mass is 16.5. The predicted octanol–water partition coefficient (Wildman–Crippen LogP) is 1.84. The second kappa shape index (κ2) is 8.81. The maximum absolute atomic E-state index is 12.4. The van der Waals surface area contributed by atoms with Gasteiger partial charge in [0.1, 0.15) is 6.04 Å². The molecular weight excluding hydrogens is 322 g/mol. The van der Waals surface area contributed by atoms with Crippen LogP contribution in [-0.4, -0.2) is 39.9 Å². The second-order valence-corrected chi connectivity index (χ2v) is 5.92. The fourth-order valence-electron chi connectivity index (χ4n) is 2.27. The molecule has 0 fully saturated rings. The van der Waals surface area contributed by atoms with Crippen molar-refractivity contribution in [2.75, 3.05) is 12.4 Å². The van der Waals surface area contributed by atoms with Gasteiger partial charge < -0.3 is 15.4 Å². The van der Waals surface area contributed by atoms with Crippen LogP contribution in [0, 0.1) is 5.92 Å². The smallest absolute Gasteiger partial charge is 0.407 e. The Kier molecular flexibility index (Phi) is 6.50. The number of amides is 2. The molecule has 2 aromatic rings. The molecule has 0 aliphatic carbocycles. The summed E-state index contributed by atoms with van der Waals surface area (Å²) in [6.45, 7) is 4.37. The number of anilines is 1.